The lowest BCUT2D eigenvalue weighted by Crippen LogP contribution is -2.35. The molecule has 0 spiro atoms. The first-order valence-electron chi connectivity index (χ1n) is 5.81. The van der Waals surface area contributed by atoms with Crippen molar-refractivity contribution in [1.82, 2.24) is 15.3 Å². The summed E-state index contributed by atoms with van der Waals surface area (Å²) in [6.45, 7) is 9.56. The lowest BCUT2D eigenvalue weighted by molar-refractivity contribution is 0.345. The molecule has 0 unspecified atom stereocenters. The minimum atomic E-state index is 0.0861. The average molecular weight is 235 g/mol. The molecule has 0 amide bonds. The maximum absolute atomic E-state index is 5.37. The number of aromatic nitrogens is 2. The number of ether oxygens (including phenoxy) is 1. The van der Waals surface area contributed by atoms with Crippen molar-refractivity contribution in [3.8, 4) is 5.88 Å². The summed E-state index contributed by atoms with van der Waals surface area (Å²) in [5.74, 6) is 0.558. The molecule has 1 N–H and O–H groups in total. The number of nitrogens with zero attached hydrogens (tertiary/aromatic N) is 2. The van der Waals surface area contributed by atoms with E-state index in [2.05, 4.69) is 36.1 Å². The Kier molecular flexibility index (Phi) is 5.10. The molecule has 0 fully saturated rings. The molecule has 0 radical (unpaired) electrons. The standard InChI is InChI=1S/C13H21N3O/c1-5-6-7-17-12-10-14-11(8-15-12)9-16-13(2,3)4/h5-6,8,10,16H,7,9H2,1-4H3/b6-5+. The normalized spacial score (nSPS) is 12.0. The van der Waals surface area contributed by atoms with E-state index in [1.165, 1.54) is 0 Å². The second-order valence-corrected chi connectivity index (χ2v) is 4.83. The highest BCUT2D eigenvalue weighted by Gasteiger charge is 2.08. The highest BCUT2D eigenvalue weighted by atomic mass is 16.5. The van der Waals surface area contributed by atoms with Crippen molar-refractivity contribution in [3.63, 3.8) is 0 Å². The fourth-order valence-corrected chi connectivity index (χ4v) is 1.09. The molecule has 4 nitrogen and oxygen atoms in total. The summed E-state index contributed by atoms with van der Waals surface area (Å²) < 4.78 is 5.37. The van der Waals surface area contributed by atoms with Crippen molar-refractivity contribution in [2.75, 3.05) is 6.61 Å². The summed E-state index contributed by atoms with van der Waals surface area (Å²) in [6, 6.07) is 0. The van der Waals surface area contributed by atoms with Gasteiger partial charge in [-0.15, -0.1) is 0 Å². The van der Waals surface area contributed by atoms with E-state index in [1.54, 1.807) is 12.4 Å². The minimum Gasteiger partial charge on any atom is -0.472 e. The van der Waals surface area contributed by atoms with Gasteiger partial charge in [0, 0.05) is 12.1 Å². The molecule has 4 heteroatoms. The van der Waals surface area contributed by atoms with Gasteiger partial charge in [0.15, 0.2) is 0 Å². The predicted octanol–water partition coefficient (Wildman–Crippen LogP) is 2.32. The maximum atomic E-state index is 5.37. The molecule has 1 aromatic rings. The summed E-state index contributed by atoms with van der Waals surface area (Å²) >= 11 is 0. The zero-order valence-corrected chi connectivity index (χ0v) is 11.0. The van der Waals surface area contributed by atoms with E-state index < -0.39 is 0 Å². The highest BCUT2D eigenvalue weighted by molar-refractivity contribution is 5.07. The van der Waals surface area contributed by atoms with Crippen LogP contribution in [0.2, 0.25) is 0 Å². The Morgan fingerprint density at radius 3 is 2.59 bits per heavy atom. The summed E-state index contributed by atoms with van der Waals surface area (Å²) in [5.41, 5.74) is 1.00. The van der Waals surface area contributed by atoms with E-state index in [0.29, 0.717) is 19.0 Å². The first-order valence-corrected chi connectivity index (χ1v) is 5.81. The van der Waals surface area contributed by atoms with Crippen LogP contribution in [0.1, 0.15) is 33.4 Å². The van der Waals surface area contributed by atoms with Gasteiger partial charge in [0.1, 0.15) is 6.61 Å². The third-order valence-corrected chi connectivity index (χ3v) is 2.04. The van der Waals surface area contributed by atoms with Crippen molar-refractivity contribution in [3.05, 3.63) is 30.2 Å². The van der Waals surface area contributed by atoms with Gasteiger partial charge in [-0.25, -0.2) is 4.98 Å². The van der Waals surface area contributed by atoms with E-state index in [9.17, 15) is 0 Å². The van der Waals surface area contributed by atoms with Gasteiger partial charge in [-0.3, -0.25) is 4.98 Å². The molecule has 0 saturated carbocycles. The van der Waals surface area contributed by atoms with Gasteiger partial charge in [-0.1, -0.05) is 12.2 Å². The van der Waals surface area contributed by atoms with Crippen LogP contribution < -0.4 is 10.1 Å². The second-order valence-electron chi connectivity index (χ2n) is 4.83. The monoisotopic (exact) mass is 235 g/mol. The van der Waals surface area contributed by atoms with Gasteiger partial charge in [-0.05, 0) is 27.7 Å². The quantitative estimate of drug-likeness (QED) is 0.796. The molecule has 17 heavy (non-hydrogen) atoms. The molecule has 1 aromatic heterocycles. The lowest BCUT2D eigenvalue weighted by Gasteiger charge is -2.19. The molecule has 0 aliphatic heterocycles. The van der Waals surface area contributed by atoms with Crippen LogP contribution in [0.25, 0.3) is 0 Å². The Balaban J connectivity index is 2.44. The van der Waals surface area contributed by atoms with E-state index in [0.717, 1.165) is 5.69 Å². The zero-order chi connectivity index (χ0) is 12.7. The van der Waals surface area contributed by atoms with Crippen molar-refractivity contribution in [1.29, 1.82) is 0 Å². The molecule has 1 rings (SSSR count). The number of hydrogen-bond donors (Lipinski definition) is 1. The van der Waals surface area contributed by atoms with Gasteiger partial charge >= 0.3 is 0 Å². The number of hydrogen-bond acceptors (Lipinski definition) is 4. The molecule has 0 aliphatic rings. The van der Waals surface area contributed by atoms with Crippen molar-refractivity contribution >= 4 is 0 Å². The molecule has 0 aromatic carbocycles. The smallest absolute Gasteiger partial charge is 0.232 e. The van der Waals surface area contributed by atoms with Crippen molar-refractivity contribution in [2.45, 2.75) is 39.8 Å². The third kappa shape index (κ3) is 6.02. The van der Waals surface area contributed by atoms with Gasteiger partial charge in [0.05, 0.1) is 18.1 Å². The van der Waals surface area contributed by atoms with E-state index in [1.807, 2.05) is 19.1 Å². The molecular formula is C13H21N3O. The molecule has 94 valence electrons. The SMILES string of the molecule is C/C=C/COc1cnc(CNC(C)(C)C)cn1. The Hall–Kier alpha value is -1.42. The van der Waals surface area contributed by atoms with Gasteiger partial charge in [0.25, 0.3) is 0 Å². The zero-order valence-electron chi connectivity index (χ0n) is 11.0. The number of allylic oxidation sites excluding steroid dienone is 1. The number of rotatable bonds is 5. The topological polar surface area (TPSA) is 47.0 Å². The van der Waals surface area contributed by atoms with Crippen LogP contribution >= 0.6 is 0 Å². The fraction of sp³-hybridized carbons (Fsp3) is 0.538. The number of nitrogens with one attached hydrogen (secondary N) is 1. The lowest BCUT2D eigenvalue weighted by atomic mass is 10.1. The van der Waals surface area contributed by atoms with Crippen molar-refractivity contribution < 1.29 is 4.74 Å². The van der Waals surface area contributed by atoms with Crippen LogP contribution in [0.5, 0.6) is 5.88 Å². The van der Waals surface area contributed by atoms with Crippen molar-refractivity contribution in [2.24, 2.45) is 0 Å². The van der Waals surface area contributed by atoms with Crippen LogP contribution in [0, 0.1) is 0 Å². The predicted molar refractivity (Wildman–Crippen MR) is 68.9 cm³/mol. The van der Waals surface area contributed by atoms with Crippen LogP contribution in [-0.2, 0) is 6.54 Å². The van der Waals surface area contributed by atoms with E-state index in [-0.39, 0.29) is 5.54 Å². The maximum Gasteiger partial charge on any atom is 0.232 e. The largest absolute Gasteiger partial charge is 0.472 e. The summed E-state index contributed by atoms with van der Waals surface area (Å²) in [5, 5.41) is 3.36. The summed E-state index contributed by atoms with van der Waals surface area (Å²) in [4.78, 5) is 8.48. The highest BCUT2D eigenvalue weighted by Crippen LogP contribution is 2.05. The Labute approximate surface area is 103 Å². The molecule has 0 saturated heterocycles. The van der Waals surface area contributed by atoms with Gasteiger partial charge < -0.3 is 10.1 Å². The molecule has 0 bridgehead atoms. The van der Waals surface area contributed by atoms with E-state index >= 15 is 0 Å². The molecule has 1 heterocycles. The van der Waals surface area contributed by atoms with Gasteiger partial charge in [-0.2, -0.15) is 0 Å². The first-order chi connectivity index (χ1) is 8.01. The minimum absolute atomic E-state index is 0.0861. The van der Waals surface area contributed by atoms with Crippen LogP contribution in [0.4, 0.5) is 0 Å². The van der Waals surface area contributed by atoms with Gasteiger partial charge in [0.2, 0.25) is 5.88 Å². The van der Waals surface area contributed by atoms with Crippen LogP contribution in [0.15, 0.2) is 24.5 Å². The third-order valence-electron chi connectivity index (χ3n) is 2.04. The Morgan fingerprint density at radius 2 is 2.06 bits per heavy atom. The average Bonchev–Trinajstić information content (AvgIpc) is 2.27. The first kappa shape index (κ1) is 13.6. The fourth-order valence-electron chi connectivity index (χ4n) is 1.09. The molecule has 0 atom stereocenters. The Morgan fingerprint density at radius 1 is 1.29 bits per heavy atom. The summed E-state index contributed by atoms with van der Waals surface area (Å²) in [7, 11) is 0. The van der Waals surface area contributed by atoms with Crippen LogP contribution in [-0.4, -0.2) is 22.1 Å². The molecular weight excluding hydrogens is 214 g/mol. The van der Waals surface area contributed by atoms with Crippen LogP contribution in [0.3, 0.4) is 0 Å². The summed E-state index contributed by atoms with van der Waals surface area (Å²) in [6.07, 6.45) is 7.26. The second kappa shape index (κ2) is 6.35. The van der Waals surface area contributed by atoms with E-state index in [4.69, 9.17) is 4.74 Å². The molecule has 0 aliphatic carbocycles. The Bertz CT molecular complexity index is 352.